The van der Waals surface area contributed by atoms with Gasteiger partial charge < -0.3 is 14.8 Å². The lowest BCUT2D eigenvalue weighted by Crippen LogP contribution is -2.28. The highest BCUT2D eigenvalue weighted by atomic mass is 16.4. The Morgan fingerprint density at radius 3 is 2.85 bits per heavy atom. The van der Waals surface area contributed by atoms with Gasteiger partial charge in [0.25, 0.3) is 0 Å². The summed E-state index contributed by atoms with van der Waals surface area (Å²) in [6.07, 6.45) is 2.00. The molecule has 0 bridgehead atoms. The van der Waals surface area contributed by atoms with E-state index in [9.17, 15) is 9.59 Å². The van der Waals surface area contributed by atoms with Crippen molar-refractivity contribution in [1.29, 1.82) is 0 Å². The smallest absolute Gasteiger partial charge is 0.305 e. The summed E-state index contributed by atoms with van der Waals surface area (Å²) in [6.45, 7) is 3.98. The Balaban J connectivity index is 2.13. The Bertz CT molecular complexity index is 661. The molecule has 0 unspecified atom stereocenters. The molecule has 0 fully saturated rings. The summed E-state index contributed by atoms with van der Waals surface area (Å²) >= 11 is 0. The van der Waals surface area contributed by atoms with E-state index < -0.39 is 5.97 Å². The van der Waals surface area contributed by atoms with E-state index in [0.717, 1.165) is 22.6 Å². The maximum Gasteiger partial charge on any atom is 0.305 e. The van der Waals surface area contributed by atoms with Crippen LogP contribution in [-0.4, -0.2) is 32.9 Å². The molecule has 0 spiro atoms. The summed E-state index contributed by atoms with van der Waals surface area (Å²) in [5, 5.41) is 11.1. The summed E-state index contributed by atoms with van der Waals surface area (Å²) in [5.41, 5.74) is 3.54. The minimum Gasteiger partial charge on any atom is -0.481 e. The monoisotopic (exact) mass is 275 g/mol. The van der Waals surface area contributed by atoms with Crippen LogP contribution in [0, 0.1) is 13.8 Å². The molecule has 0 saturated heterocycles. The molecule has 0 saturated carbocycles. The molecule has 0 aliphatic carbocycles. The van der Waals surface area contributed by atoms with Gasteiger partial charge in [0.05, 0.1) is 24.2 Å². The lowest BCUT2D eigenvalue weighted by molar-refractivity contribution is -0.136. The van der Waals surface area contributed by atoms with Crippen LogP contribution in [-0.2, 0) is 16.0 Å². The second kappa shape index (κ2) is 5.73. The Morgan fingerprint density at radius 2 is 2.15 bits per heavy atom. The first kappa shape index (κ1) is 14.0. The van der Waals surface area contributed by atoms with Crippen LogP contribution in [0.25, 0.3) is 5.65 Å². The number of imidazole rings is 1. The van der Waals surface area contributed by atoms with Gasteiger partial charge in [0.2, 0.25) is 5.91 Å². The van der Waals surface area contributed by atoms with Gasteiger partial charge in [-0.15, -0.1) is 0 Å². The minimum atomic E-state index is -0.924. The van der Waals surface area contributed by atoms with Gasteiger partial charge in [-0.1, -0.05) is 6.07 Å². The van der Waals surface area contributed by atoms with E-state index in [-0.39, 0.29) is 25.3 Å². The summed E-state index contributed by atoms with van der Waals surface area (Å²) in [7, 11) is 0. The Morgan fingerprint density at radius 1 is 1.40 bits per heavy atom. The summed E-state index contributed by atoms with van der Waals surface area (Å²) in [6, 6.07) is 3.88. The zero-order valence-corrected chi connectivity index (χ0v) is 11.5. The minimum absolute atomic E-state index is 0.0724. The van der Waals surface area contributed by atoms with Crippen molar-refractivity contribution in [3.8, 4) is 0 Å². The number of carboxylic acid groups (broad SMARTS) is 1. The van der Waals surface area contributed by atoms with Crippen molar-refractivity contribution < 1.29 is 14.7 Å². The van der Waals surface area contributed by atoms with Crippen LogP contribution in [0.5, 0.6) is 0 Å². The predicted octanol–water partition coefficient (Wildman–Crippen LogP) is 1.08. The van der Waals surface area contributed by atoms with Crippen LogP contribution in [0.2, 0.25) is 0 Å². The number of pyridine rings is 1. The Labute approximate surface area is 116 Å². The van der Waals surface area contributed by atoms with Crippen molar-refractivity contribution in [3.63, 3.8) is 0 Å². The van der Waals surface area contributed by atoms with Crippen molar-refractivity contribution in [2.75, 3.05) is 6.54 Å². The lowest BCUT2D eigenvalue weighted by Gasteiger charge is -2.05. The van der Waals surface area contributed by atoms with E-state index in [1.54, 1.807) is 0 Å². The van der Waals surface area contributed by atoms with Crippen LogP contribution in [0.1, 0.15) is 23.4 Å². The molecule has 0 aromatic carbocycles. The number of rotatable bonds is 5. The number of aryl methyl sites for hydroxylation is 2. The molecule has 20 heavy (non-hydrogen) atoms. The number of nitrogens with zero attached hydrogens (tertiary/aromatic N) is 2. The van der Waals surface area contributed by atoms with E-state index in [4.69, 9.17) is 5.11 Å². The number of carbonyl (C=O) groups excluding carboxylic acids is 1. The third-order valence-electron chi connectivity index (χ3n) is 3.13. The number of fused-ring (bicyclic) bond motifs is 1. The largest absolute Gasteiger partial charge is 0.481 e. The molecule has 2 N–H and O–H groups in total. The molecule has 2 aromatic heterocycles. The average Bonchev–Trinajstić information content (AvgIpc) is 2.68. The summed E-state index contributed by atoms with van der Waals surface area (Å²) < 4.78 is 1.90. The van der Waals surface area contributed by atoms with E-state index in [2.05, 4.69) is 10.3 Å². The van der Waals surface area contributed by atoms with Crippen molar-refractivity contribution in [3.05, 3.63) is 35.3 Å². The molecule has 0 aliphatic rings. The number of aromatic nitrogens is 2. The predicted molar refractivity (Wildman–Crippen MR) is 73.6 cm³/mol. The molecule has 0 atom stereocenters. The molecule has 0 aliphatic heterocycles. The number of hydrogen-bond acceptors (Lipinski definition) is 3. The van der Waals surface area contributed by atoms with Crippen LogP contribution >= 0.6 is 0 Å². The normalized spacial score (nSPS) is 10.7. The fourth-order valence-corrected chi connectivity index (χ4v) is 2.10. The van der Waals surface area contributed by atoms with Gasteiger partial charge in [-0.05, 0) is 25.5 Å². The highest BCUT2D eigenvalue weighted by Crippen LogP contribution is 2.15. The summed E-state index contributed by atoms with van der Waals surface area (Å²) in [4.78, 5) is 26.7. The van der Waals surface area contributed by atoms with E-state index in [1.807, 2.05) is 36.6 Å². The molecule has 2 heterocycles. The zero-order chi connectivity index (χ0) is 14.7. The Kier molecular flexibility index (Phi) is 4.02. The number of hydrogen-bond donors (Lipinski definition) is 2. The molecular weight excluding hydrogens is 258 g/mol. The Hall–Kier alpha value is -2.37. The van der Waals surface area contributed by atoms with Crippen molar-refractivity contribution >= 4 is 17.5 Å². The first-order valence-electron chi connectivity index (χ1n) is 6.40. The number of nitrogens with one attached hydrogen (secondary N) is 1. The van der Waals surface area contributed by atoms with Crippen molar-refractivity contribution in [1.82, 2.24) is 14.7 Å². The van der Waals surface area contributed by atoms with Gasteiger partial charge in [-0.25, -0.2) is 4.98 Å². The topological polar surface area (TPSA) is 83.7 Å². The van der Waals surface area contributed by atoms with Gasteiger partial charge in [-0.2, -0.15) is 0 Å². The highest BCUT2D eigenvalue weighted by molar-refractivity contribution is 5.79. The van der Waals surface area contributed by atoms with E-state index >= 15 is 0 Å². The second-order valence-corrected chi connectivity index (χ2v) is 4.70. The third-order valence-corrected chi connectivity index (χ3v) is 3.13. The molecule has 6 nitrogen and oxygen atoms in total. The molecule has 1 amide bonds. The standard InChI is InChI=1S/C14H17N3O3/c1-9-4-3-7-17-11(10(2)16-14(9)17)8-12(18)15-6-5-13(19)20/h3-4,7H,5-6,8H2,1-2H3,(H,15,18)(H,19,20). The van der Waals surface area contributed by atoms with Crippen LogP contribution in [0.4, 0.5) is 0 Å². The van der Waals surface area contributed by atoms with Gasteiger partial charge in [0.15, 0.2) is 0 Å². The fraction of sp³-hybridized carbons (Fsp3) is 0.357. The van der Waals surface area contributed by atoms with Gasteiger partial charge in [0.1, 0.15) is 5.65 Å². The first-order chi connectivity index (χ1) is 9.49. The number of carboxylic acids is 1. The molecule has 106 valence electrons. The number of aliphatic carboxylic acids is 1. The van der Waals surface area contributed by atoms with Crippen molar-refractivity contribution in [2.24, 2.45) is 0 Å². The maximum atomic E-state index is 11.8. The molecule has 0 radical (unpaired) electrons. The quantitative estimate of drug-likeness (QED) is 0.855. The van der Waals surface area contributed by atoms with Crippen LogP contribution < -0.4 is 5.32 Å². The second-order valence-electron chi connectivity index (χ2n) is 4.70. The van der Waals surface area contributed by atoms with Gasteiger partial charge >= 0.3 is 5.97 Å². The number of amides is 1. The molecular formula is C14H17N3O3. The van der Waals surface area contributed by atoms with E-state index in [1.165, 1.54) is 0 Å². The van der Waals surface area contributed by atoms with E-state index in [0.29, 0.717) is 0 Å². The SMILES string of the molecule is Cc1nc2c(C)cccn2c1CC(=O)NCCC(=O)O. The fourth-order valence-electron chi connectivity index (χ4n) is 2.10. The average molecular weight is 275 g/mol. The first-order valence-corrected chi connectivity index (χ1v) is 6.40. The van der Waals surface area contributed by atoms with Gasteiger partial charge in [0, 0.05) is 12.7 Å². The number of carbonyl (C=O) groups is 2. The molecule has 2 rings (SSSR count). The zero-order valence-electron chi connectivity index (χ0n) is 11.5. The lowest BCUT2D eigenvalue weighted by atomic mass is 10.2. The third kappa shape index (κ3) is 2.96. The van der Waals surface area contributed by atoms with Gasteiger partial charge in [-0.3, -0.25) is 9.59 Å². The highest BCUT2D eigenvalue weighted by Gasteiger charge is 2.13. The van der Waals surface area contributed by atoms with Crippen LogP contribution in [0.3, 0.4) is 0 Å². The molecule has 6 heteroatoms. The van der Waals surface area contributed by atoms with Crippen molar-refractivity contribution in [2.45, 2.75) is 26.7 Å². The van der Waals surface area contributed by atoms with Crippen LogP contribution in [0.15, 0.2) is 18.3 Å². The summed E-state index contributed by atoms with van der Waals surface area (Å²) in [5.74, 6) is -1.12. The maximum absolute atomic E-state index is 11.8. The molecule has 2 aromatic rings.